The van der Waals surface area contributed by atoms with Gasteiger partial charge >= 0.3 is 0 Å². The molecular weight excluding hydrogens is 162 g/mol. The molecule has 0 spiro atoms. The van der Waals surface area contributed by atoms with Crippen molar-refractivity contribution in [3.8, 4) is 0 Å². The predicted molar refractivity (Wildman–Crippen MR) is 55.8 cm³/mol. The van der Waals surface area contributed by atoms with Crippen molar-refractivity contribution in [3.63, 3.8) is 0 Å². The molecule has 1 heterocycles. The van der Waals surface area contributed by atoms with Crippen LogP contribution in [-0.2, 0) is 0 Å². The zero-order valence-electron chi connectivity index (χ0n) is 9.00. The molecule has 0 aromatic rings. The van der Waals surface area contributed by atoms with Crippen LogP contribution in [0.4, 0.5) is 0 Å². The van der Waals surface area contributed by atoms with Gasteiger partial charge in [0, 0.05) is 6.54 Å². The van der Waals surface area contributed by atoms with Crippen molar-refractivity contribution in [2.24, 2.45) is 5.92 Å². The molecule has 0 aromatic heterocycles. The smallest absolute Gasteiger partial charge is 0.0667 e. The van der Waals surface area contributed by atoms with Gasteiger partial charge in [0.1, 0.15) is 0 Å². The number of likely N-dealkylation sites (tertiary alicyclic amines) is 1. The third kappa shape index (κ3) is 4.63. The van der Waals surface area contributed by atoms with Crippen LogP contribution in [0.3, 0.4) is 0 Å². The maximum atomic E-state index is 9.45. The minimum atomic E-state index is -0.0622. The van der Waals surface area contributed by atoms with Crippen LogP contribution in [0.25, 0.3) is 0 Å². The fraction of sp³-hybridized carbons (Fsp3) is 1.00. The second-order valence-corrected chi connectivity index (χ2v) is 4.63. The molecule has 1 rings (SSSR count). The van der Waals surface area contributed by atoms with E-state index in [0.29, 0.717) is 0 Å². The van der Waals surface area contributed by atoms with Crippen molar-refractivity contribution >= 4 is 0 Å². The molecule has 0 aliphatic carbocycles. The highest BCUT2D eigenvalue weighted by Crippen LogP contribution is 2.11. The number of β-amino-alcohol motifs (C(OH)–C–C–N with tert-alkyl or cyclic N) is 1. The Morgan fingerprint density at radius 2 is 2.23 bits per heavy atom. The molecule has 0 aromatic carbocycles. The van der Waals surface area contributed by atoms with E-state index in [0.717, 1.165) is 18.9 Å². The van der Waals surface area contributed by atoms with Gasteiger partial charge in [0.25, 0.3) is 0 Å². The zero-order valence-corrected chi connectivity index (χ0v) is 9.00. The zero-order chi connectivity index (χ0) is 9.68. The molecule has 0 amide bonds. The SMILES string of the molecule is CC(C)CCCN1CCC[C@H](O)C1. The fourth-order valence-electron chi connectivity index (χ4n) is 1.96. The van der Waals surface area contributed by atoms with Gasteiger partial charge in [0.2, 0.25) is 0 Å². The largest absolute Gasteiger partial charge is 0.392 e. The fourth-order valence-corrected chi connectivity index (χ4v) is 1.96. The summed E-state index contributed by atoms with van der Waals surface area (Å²) < 4.78 is 0. The van der Waals surface area contributed by atoms with Crippen LogP contribution in [-0.4, -0.2) is 35.7 Å². The molecule has 2 heteroatoms. The van der Waals surface area contributed by atoms with Gasteiger partial charge in [0.15, 0.2) is 0 Å². The summed E-state index contributed by atoms with van der Waals surface area (Å²) in [5, 5.41) is 9.45. The summed E-state index contributed by atoms with van der Waals surface area (Å²) in [5.74, 6) is 0.815. The van der Waals surface area contributed by atoms with E-state index in [1.807, 2.05) is 0 Å². The molecule has 1 aliphatic rings. The number of hydrogen-bond donors (Lipinski definition) is 1. The first-order valence-corrected chi connectivity index (χ1v) is 5.59. The average Bonchev–Trinajstić information content (AvgIpc) is 2.03. The Morgan fingerprint density at radius 1 is 1.46 bits per heavy atom. The van der Waals surface area contributed by atoms with Crippen molar-refractivity contribution in [3.05, 3.63) is 0 Å². The van der Waals surface area contributed by atoms with Crippen molar-refractivity contribution < 1.29 is 5.11 Å². The highest BCUT2D eigenvalue weighted by Gasteiger charge is 2.16. The van der Waals surface area contributed by atoms with Crippen molar-refractivity contribution in [1.29, 1.82) is 0 Å². The van der Waals surface area contributed by atoms with E-state index in [-0.39, 0.29) is 6.10 Å². The van der Waals surface area contributed by atoms with Gasteiger partial charge in [0.05, 0.1) is 6.10 Å². The van der Waals surface area contributed by atoms with Crippen molar-refractivity contribution in [2.45, 2.75) is 45.6 Å². The summed E-state index contributed by atoms with van der Waals surface area (Å²) in [4.78, 5) is 2.40. The van der Waals surface area contributed by atoms with Crippen LogP contribution in [0.15, 0.2) is 0 Å². The lowest BCUT2D eigenvalue weighted by molar-refractivity contribution is 0.0694. The summed E-state index contributed by atoms with van der Waals surface area (Å²) in [6.45, 7) is 7.80. The van der Waals surface area contributed by atoms with Crippen LogP contribution < -0.4 is 0 Å². The molecule has 0 bridgehead atoms. The third-order valence-electron chi connectivity index (χ3n) is 2.74. The topological polar surface area (TPSA) is 23.5 Å². The Kier molecular flexibility index (Phi) is 4.74. The predicted octanol–water partition coefficient (Wildman–Crippen LogP) is 1.88. The molecule has 0 unspecified atom stereocenters. The Morgan fingerprint density at radius 3 is 2.85 bits per heavy atom. The molecule has 1 N–H and O–H groups in total. The number of hydrogen-bond acceptors (Lipinski definition) is 2. The molecule has 1 fully saturated rings. The monoisotopic (exact) mass is 185 g/mol. The lowest BCUT2D eigenvalue weighted by Crippen LogP contribution is -2.38. The van der Waals surface area contributed by atoms with Crippen LogP contribution in [0, 0.1) is 5.92 Å². The molecule has 1 saturated heterocycles. The van der Waals surface area contributed by atoms with Gasteiger partial charge in [-0.1, -0.05) is 13.8 Å². The van der Waals surface area contributed by atoms with Gasteiger partial charge in [-0.3, -0.25) is 0 Å². The lowest BCUT2D eigenvalue weighted by atomic mass is 10.1. The van der Waals surface area contributed by atoms with Gasteiger partial charge in [-0.25, -0.2) is 0 Å². The maximum absolute atomic E-state index is 9.45. The molecular formula is C11H23NO. The van der Waals surface area contributed by atoms with Crippen LogP contribution in [0.2, 0.25) is 0 Å². The van der Waals surface area contributed by atoms with Crippen LogP contribution >= 0.6 is 0 Å². The van der Waals surface area contributed by atoms with E-state index in [1.165, 1.54) is 32.4 Å². The number of aliphatic hydroxyl groups is 1. The van der Waals surface area contributed by atoms with E-state index >= 15 is 0 Å². The number of piperidine rings is 1. The van der Waals surface area contributed by atoms with Crippen molar-refractivity contribution in [2.75, 3.05) is 19.6 Å². The van der Waals surface area contributed by atoms with E-state index in [9.17, 15) is 5.11 Å². The third-order valence-corrected chi connectivity index (χ3v) is 2.74. The summed E-state index contributed by atoms with van der Waals surface area (Å²) in [5.41, 5.74) is 0. The highest BCUT2D eigenvalue weighted by molar-refractivity contribution is 4.71. The van der Waals surface area contributed by atoms with Crippen LogP contribution in [0.5, 0.6) is 0 Å². The van der Waals surface area contributed by atoms with Gasteiger partial charge in [-0.05, 0) is 44.7 Å². The Bertz CT molecular complexity index is 136. The first kappa shape index (κ1) is 11.0. The van der Waals surface area contributed by atoms with Crippen LogP contribution in [0.1, 0.15) is 39.5 Å². The number of rotatable bonds is 4. The lowest BCUT2D eigenvalue weighted by Gasteiger charge is -2.30. The second kappa shape index (κ2) is 5.61. The summed E-state index contributed by atoms with van der Waals surface area (Å²) in [7, 11) is 0. The summed E-state index contributed by atoms with van der Waals surface area (Å²) >= 11 is 0. The van der Waals surface area contributed by atoms with Gasteiger partial charge in [-0.2, -0.15) is 0 Å². The van der Waals surface area contributed by atoms with E-state index in [1.54, 1.807) is 0 Å². The average molecular weight is 185 g/mol. The van der Waals surface area contributed by atoms with Crippen molar-refractivity contribution in [1.82, 2.24) is 4.90 Å². The number of aliphatic hydroxyl groups excluding tert-OH is 1. The molecule has 1 atom stereocenters. The Balaban J connectivity index is 2.06. The van der Waals surface area contributed by atoms with E-state index in [2.05, 4.69) is 18.7 Å². The molecule has 1 aliphatic heterocycles. The molecule has 2 nitrogen and oxygen atoms in total. The van der Waals surface area contributed by atoms with Gasteiger partial charge in [-0.15, -0.1) is 0 Å². The maximum Gasteiger partial charge on any atom is 0.0667 e. The first-order valence-electron chi connectivity index (χ1n) is 5.59. The minimum absolute atomic E-state index is 0.0622. The number of nitrogens with zero attached hydrogens (tertiary/aromatic N) is 1. The second-order valence-electron chi connectivity index (χ2n) is 4.63. The molecule has 0 saturated carbocycles. The van der Waals surface area contributed by atoms with E-state index < -0.39 is 0 Å². The normalized spacial score (nSPS) is 25.4. The quantitative estimate of drug-likeness (QED) is 0.723. The molecule has 78 valence electrons. The molecule has 13 heavy (non-hydrogen) atoms. The van der Waals surface area contributed by atoms with E-state index in [4.69, 9.17) is 0 Å². The Labute approximate surface area is 81.9 Å². The highest BCUT2D eigenvalue weighted by atomic mass is 16.3. The Hall–Kier alpha value is -0.0800. The standard InChI is InChI=1S/C11H23NO/c1-10(2)5-3-7-12-8-4-6-11(13)9-12/h10-11,13H,3-9H2,1-2H3/t11-/m0/s1. The molecule has 0 radical (unpaired) electrons. The first-order chi connectivity index (χ1) is 6.18. The van der Waals surface area contributed by atoms with Gasteiger partial charge < -0.3 is 10.0 Å². The summed E-state index contributed by atoms with van der Waals surface area (Å²) in [6, 6.07) is 0. The summed E-state index contributed by atoms with van der Waals surface area (Å²) in [6.07, 6.45) is 4.70. The minimum Gasteiger partial charge on any atom is -0.392 e.